The fourth-order valence-electron chi connectivity index (χ4n) is 1.62. The number of hydrogen-bond acceptors (Lipinski definition) is 4. The molecule has 0 spiro atoms. The number of nitrogens with one attached hydrogen (secondary N) is 2. The molecule has 132 valence electrons. The van der Waals surface area contributed by atoms with Crippen molar-refractivity contribution in [2.45, 2.75) is 38.4 Å². The Labute approximate surface area is 137 Å². The molecule has 0 saturated heterocycles. The number of primary amides is 1. The van der Waals surface area contributed by atoms with Gasteiger partial charge in [-0.2, -0.15) is 0 Å². The van der Waals surface area contributed by atoms with Crippen molar-refractivity contribution >= 4 is 35.4 Å². The van der Waals surface area contributed by atoms with Crippen LogP contribution in [-0.4, -0.2) is 52.1 Å². The minimum Gasteiger partial charge on any atom is -0.465 e. The number of hydrazine groups is 1. The lowest BCUT2D eigenvalue weighted by atomic mass is 10.0. The first-order valence-corrected chi connectivity index (χ1v) is 7.16. The summed E-state index contributed by atoms with van der Waals surface area (Å²) in [6.07, 6.45) is -1.62. The number of hydrogen-bond donors (Lipinski definition) is 4. The van der Waals surface area contributed by atoms with E-state index < -0.39 is 42.0 Å². The van der Waals surface area contributed by atoms with Gasteiger partial charge in [0.25, 0.3) is 17.4 Å². The van der Waals surface area contributed by atoms with Gasteiger partial charge in [0.1, 0.15) is 6.04 Å². The van der Waals surface area contributed by atoms with Crippen LogP contribution in [0.25, 0.3) is 0 Å². The third-order valence-corrected chi connectivity index (χ3v) is 2.79. The lowest BCUT2D eigenvalue weighted by molar-refractivity contribution is -0.144. The highest BCUT2D eigenvalue weighted by atomic mass is 35.5. The summed E-state index contributed by atoms with van der Waals surface area (Å²) in [5.41, 5.74) is 4.55. The molecule has 0 aromatic carbocycles. The van der Waals surface area contributed by atoms with Crippen molar-refractivity contribution in [1.82, 2.24) is 15.8 Å². The Balaban J connectivity index is 5.03. The summed E-state index contributed by atoms with van der Waals surface area (Å²) in [4.78, 5) is 45.1. The van der Waals surface area contributed by atoms with E-state index >= 15 is 0 Å². The molecule has 11 heteroatoms. The largest absolute Gasteiger partial charge is 0.465 e. The second-order valence-corrected chi connectivity index (χ2v) is 5.50. The highest BCUT2D eigenvalue weighted by Crippen LogP contribution is 2.07. The van der Waals surface area contributed by atoms with Crippen molar-refractivity contribution in [2.24, 2.45) is 11.7 Å². The number of halogens is 2. The molecule has 23 heavy (non-hydrogen) atoms. The molecule has 0 aliphatic carbocycles. The second kappa shape index (κ2) is 9.82. The van der Waals surface area contributed by atoms with Gasteiger partial charge in [0.05, 0.1) is 6.54 Å². The van der Waals surface area contributed by atoms with Crippen LogP contribution in [-0.2, 0) is 14.4 Å². The Morgan fingerprint density at radius 1 is 1.30 bits per heavy atom. The molecule has 0 heterocycles. The maximum atomic E-state index is 12.9. The minimum atomic E-state index is -2.43. The third-order valence-electron chi connectivity index (χ3n) is 2.60. The fraction of sp³-hybridized carbons (Fsp3) is 0.667. The molecule has 4 amide bonds. The van der Waals surface area contributed by atoms with Crippen LogP contribution in [0.15, 0.2) is 0 Å². The standard InChI is InChI=1S/C12H20ClFN4O5/c1-6(2)5-7(16-12(22)23)10(20)17-18(4-3-8(15)19)11(21)9(13)14/h6-7,9,16H,3-5H2,1-2H3,(H2,15,19)(H,17,20)(H,22,23)/t7-,9-/m0/s1. The predicted octanol–water partition coefficient (Wildman–Crippen LogP) is -0.0617. The molecule has 5 N–H and O–H groups in total. The van der Waals surface area contributed by atoms with E-state index in [9.17, 15) is 23.6 Å². The van der Waals surface area contributed by atoms with E-state index in [0.717, 1.165) is 0 Å². The number of amides is 4. The molecule has 0 aromatic rings. The Bertz CT molecular complexity index is 461. The van der Waals surface area contributed by atoms with Gasteiger partial charge in [-0.3, -0.25) is 19.8 Å². The van der Waals surface area contributed by atoms with Crippen molar-refractivity contribution in [3.63, 3.8) is 0 Å². The van der Waals surface area contributed by atoms with Crippen molar-refractivity contribution in [1.29, 1.82) is 0 Å². The van der Waals surface area contributed by atoms with Gasteiger partial charge in [0, 0.05) is 6.42 Å². The predicted molar refractivity (Wildman–Crippen MR) is 78.8 cm³/mol. The molecule has 0 rings (SSSR count). The average Bonchev–Trinajstić information content (AvgIpc) is 2.40. The summed E-state index contributed by atoms with van der Waals surface area (Å²) in [6, 6.07) is -1.16. The SMILES string of the molecule is CC(C)C[C@H](NC(=O)O)C(=O)NN(CCC(N)=O)C(=O)[C@H](F)Cl. The van der Waals surface area contributed by atoms with Crippen LogP contribution in [0, 0.1) is 5.92 Å². The van der Waals surface area contributed by atoms with Gasteiger partial charge in [-0.05, 0) is 12.3 Å². The van der Waals surface area contributed by atoms with Crippen LogP contribution < -0.4 is 16.5 Å². The molecule has 0 radical (unpaired) electrons. The van der Waals surface area contributed by atoms with Gasteiger partial charge in [-0.15, -0.1) is 0 Å². The maximum absolute atomic E-state index is 12.9. The molecule has 0 bridgehead atoms. The van der Waals surface area contributed by atoms with Crippen LogP contribution in [0.1, 0.15) is 26.7 Å². The summed E-state index contributed by atoms with van der Waals surface area (Å²) in [5, 5.41) is 11.2. The number of nitrogens with two attached hydrogens (primary N) is 1. The zero-order chi connectivity index (χ0) is 18.2. The Morgan fingerprint density at radius 3 is 2.26 bits per heavy atom. The fourth-order valence-corrected chi connectivity index (χ4v) is 1.74. The van der Waals surface area contributed by atoms with Crippen LogP contribution in [0.3, 0.4) is 0 Å². The molecular weight excluding hydrogens is 335 g/mol. The zero-order valence-electron chi connectivity index (χ0n) is 12.7. The van der Waals surface area contributed by atoms with Crippen molar-refractivity contribution < 1.29 is 28.7 Å². The molecule has 0 fully saturated rings. The first-order valence-electron chi connectivity index (χ1n) is 6.72. The summed E-state index contributed by atoms with van der Waals surface area (Å²) in [5.74, 6) is -2.98. The Kier molecular flexibility index (Phi) is 8.93. The molecule has 9 nitrogen and oxygen atoms in total. The molecular formula is C12H20ClFN4O5. The first kappa shape index (κ1) is 20.9. The average molecular weight is 355 g/mol. The van der Waals surface area contributed by atoms with E-state index in [1.54, 1.807) is 13.8 Å². The summed E-state index contributed by atoms with van der Waals surface area (Å²) in [7, 11) is 0. The van der Waals surface area contributed by atoms with E-state index in [1.165, 1.54) is 0 Å². The van der Waals surface area contributed by atoms with E-state index in [0.29, 0.717) is 5.01 Å². The summed E-state index contributed by atoms with van der Waals surface area (Å²) in [6.45, 7) is 3.13. The summed E-state index contributed by atoms with van der Waals surface area (Å²) < 4.78 is 12.9. The molecule has 0 unspecified atom stereocenters. The zero-order valence-corrected chi connectivity index (χ0v) is 13.5. The van der Waals surface area contributed by atoms with E-state index in [-0.39, 0.29) is 18.8 Å². The number of alkyl halides is 2. The highest BCUT2D eigenvalue weighted by Gasteiger charge is 2.28. The highest BCUT2D eigenvalue weighted by molar-refractivity contribution is 6.29. The summed E-state index contributed by atoms with van der Waals surface area (Å²) >= 11 is 5.03. The van der Waals surface area contributed by atoms with Gasteiger partial charge in [0.15, 0.2) is 0 Å². The Hall–Kier alpha value is -2.10. The smallest absolute Gasteiger partial charge is 0.405 e. The van der Waals surface area contributed by atoms with E-state index in [1.807, 2.05) is 5.32 Å². The quantitative estimate of drug-likeness (QED) is 0.357. The monoisotopic (exact) mass is 354 g/mol. The van der Waals surface area contributed by atoms with E-state index in [4.69, 9.17) is 22.4 Å². The van der Waals surface area contributed by atoms with Gasteiger partial charge < -0.3 is 16.2 Å². The van der Waals surface area contributed by atoms with E-state index in [2.05, 4.69) is 5.43 Å². The lowest BCUT2D eigenvalue weighted by Gasteiger charge is -2.26. The topological polar surface area (TPSA) is 142 Å². The van der Waals surface area contributed by atoms with Crippen molar-refractivity contribution in [2.75, 3.05) is 6.54 Å². The Morgan fingerprint density at radius 2 is 1.87 bits per heavy atom. The minimum absolute atomic E-state index is 0.0330. The number of rotatable bonds is 8. The normalized spacial score (nSPS) is 13.1. The van der Waals surface area contributed by atoms with Gasteiger partial charge >= 0.3 is 6.09 Å². The van der Waals surface area contributed by atoms with Gasteiger partial charge in [-0.1, -0.05) is 25.4 Å². The van der Waals surface area contributed by atoms with Crippen LogP contribution in [0.5, 0.6) is 0 Å². The molecule has 0 saturated carbocycles. The molecule has 2 atom stereocenters. The number of carboxylic acid groups (broad SMARTS) is 1. The molecule has 0 aliphatic rings. The van der Waals surface area contributed by atoms with Crippen LogP contribution >= 0.6 is 11.6 Å². The van der Waals surface area contributed by atoms with Gasteiger partial charge in [-0.25, -0.2) is 14.2 Å². The van der Waals surface area contributed by atoms with Crippen molar-refractivity contribution in [3.05, 3.63) is 0 Å². The second-order valence-electron chi connectivity index (χ2n) is 5.11. The maximum Gasteiger partial charge on any atom is 0.405 e. The molecule has 0 aromatic heterocycles. The molecule has 0 aliphatic heterocycles. The van der Waals surface area contributed by atoms with Crippen molar-refractivity contribution in [3.8, 4) is 0 Å². The third kappa shape index (κ3) is 8.81. The van der Waals surface area contributed by atoms with Crippen LogP contribution in [0.2, 0.25) is 0 Å². The number of carbonyl (C=O) groups excluding carboxylic acids is 3. The number of carbonyl (C=O) groups is 4. The number of nitrogens with zero attached hydrogens (tertiary/aromatic N) is 1. The van der Waals surface area contributed by atoms with Crippen LogP contribution in [0.4, 0.5) is 9.18 Å². The first-order chi connectivity index (χ1) is 10.5. The lowest BCUT2D eigenvalue weighted by Crippen LogP contribution is -2.56. The van der Waals surface area contributed by atoms with Gasteiger partial charge in [0.2, 0.25) is 5.91 Å².